The number of aromatic nitrogens is 2. The highest BCUT2D eigenvalue weighted by Crippen LogP contribution is 2.33. The van der Waals surface area contributed by atoms with E-state index in [-0.39, 0.29) is 17.5 Å². The molecule has 26 heavy (non-hydrogen) atoms. The largest absolute Gasteiger partial charge is 0.338 e. The third-order valence-corrected chi connectivity index (χ3v) is 6.50. The number of rotatable bonds is 3. The van der Waals surface area contributed by atoms with Gasteiger partial charge < -0.3 is 4.90 Å². The Balaban J connectivity index is 1.54. The molecule has 0 radical (unpaired) electrons. The quantitative estimate of drug-likeness (QED) is 0.781. The number of amides is 1. The Hall–Kier alpha value is -2.08. The van der Waals surface area contributed by atoms with Crippen molar-refractivity contribution >= 4 is 17.7 Å². The number of thioether (sulfide) groups is 1. The van der Waals surface area contributed by atoms with Crippen molar-refractivity contribution in [3.63, 3.8) is 0 Å². The lowest BCUT2D eigenvalue weighted by atomic mass is 9.99. The molecule has 0 saturated heterocycles. The molecule has 2 aliphatic heterocycles. The molecular formula is C20H23N3O2S. The fraction of sp³-hybridized carbons (Fsp3) is 0.450. The maximum absolute atomic E-state index is 12.9. The molecule has 0 N–H and O–H groups in total. The molecule has 1 unspecified atom stereocenters. The Morgan fingerprint density at radius 3 is 2.85 bits per heavy atom. The van der Waals surface area contributed by atoms with Crippen molar-refractivity contribution in [3.05, 3.63) is 57.0 Å². The van der Waals surface area contributed by atoms with Crippen molar-refractivity contribution < 1.29 is 4.79 Å². The third-order valence-electron chi connectivity index (χ3n) is 5.40. The number of hydrogen-bond donors (Lipinski definition) is 0. The molecule has 0 spiro atoms. The van der Waals surface area contributed by atoms with Crippen LogP contribution in [0.4, 0.5) is 0 Å². The highest BCUT2D eigenvalue weighted by molar-refractivity contribution is 7.99. The van der Waals surface area contributed by atoms with Gasteiger partial charge in [-0.2, -0.15) is 0 Å². The highest BCUT2D eigenvalue weighted by atomic mass is 32.2. The van der Waals surface area contributed by atoms with E-state index in [4.69, 9.17) is 0 Å². The van der Waals surface area contributed by atoms with Gasteiger partial charge in [0.25, 0.3) is 5.56 Å². The first-order valence-electron chi connectivity index (χ1n) is 9.17. The second kappa shape index (κ2) is 6.91. The molecule has 2 aromatic rings. The number of carbonyl (C=O) groups excluding carboxylic acids is 1. The van der Waals surface area contributed by atoms with E-state index >= 15 is 0 Å². The van der Waals surface area contributed by atoms with Crippen molar-refractivity contribution in [3.8, 4) is 0 Å². The first-order valence-corrected chi connectivity index (χ1v) is 10.2. The molecule has 0 aliphatic carbocycles. The van der Waals surface area contributed by atoms with Crippen LogP contribution < -0.4 is 5.56 Å². The second-order valence-electron chi connectivity index (χ2n) is 6.99. The minimum absolute atomic E-state index is 0.0294. The molecule has 136 valence electrons. The van der Waals surface area contributed by atoms with Crippen LogP contribution in [0.2, 0.25) is 0 Å². The van der Waals surface area contributed by atoms with Crippen LogP contribution in [0.15, 0.2) is 34.2 Å². The summed E-state index contributed by atoms with van der Waals surface area (Å²) in [7, 11) is 0. The summed E-state index contributed by atoms with van der Waals surface area (Å²) in [4.78, 5) is 32.2. The zero-order valence-corrected chi connectivity index (χ0v) is 16.0. The van der Waals surface area contributed by atoms with Crippen molar-refractivity contribution in [1.29, 1.82) is 0 Å². The van der Waals surface area contributed by atoms with E-state index in [1.807, 2.05) is 24.8 Å². The molecule has 1 atom stereocenters. The summed E-state index contributed by atoms with van der Waals surface area (Å²) in [5.74, 6) is 0.869. The summed E-state index contributed by atoms with van der Waals surface area (Å²) in [6.07, 6.45) is 1.95. The smallest absolute Gasteiger partial charge is 0.257 e. The van der Waals surface area contributed by atoms with Gasteiger partial charge in [0.2, 0.25) is 5.91 Å². The van der Waals surface area contributed by atoms with Gasteiger partial charge in [-0.1, -0.05) is 43.0 Å². The summed E-state index contributed by atoms with van der Waals surface area (Å²) < 4.78 is 1.76. The predicted molar refractivity (Wildman–Crippen MR) is 103 cm³/mol. The van der Waals surface area contributed by atoms with E-state index in [1.54, 1.807) is 16.3 Å². The van der Waals surface area contributed by atoms with Crippen LogP contribution in [-0.2, 0) is 24.2 Å². The highest BCUT2D eigenvalue weighted by Gasteiger charge is 2.31. The van der Waals surface area contributed by atoms with Crippen molar-refractivity contribution in [2.24, 2.45) is 0 Å². The van der Waals surface area contributed by atoms with Gasteiger partial charge in [-0.25, -0.2) is 4.98 Å². The van der Waals surface area contributed by atoms with E-state index in [9.17, 15) is 9.59 Å². The molecule has 1 amide bonds. The standard InChI is InChI=1S/C20H23N3O2S/c1-3-17-13(2)21-20-23(19(17)25)16(12-26-20)10-18(24)22-9-8-14-6-4-5-7-15(14)11-22/h4-7,16H,3,8-12H2,1-2H3. The summed E-state index contributed by atoms with van der Waals surface area (Å²) in [6.45, 7) is 5.30. The molecule has 5 nitrogen and oxygen atoms in total. The average Bonchev–Trinajstić information content (AvgIpc) is 3.04. The van der Waals surface area contributed by atoms with Gasteiger partial charge in [0.15, 0.2) is 5.16 Å². The molecule has 1 aromatic carbocycles. The Morgan fingerprint density at radius 2 is 2.08 bits per heavy atom. The molecular weight excluding hydrogens is 346 g/mol. The summed E-state index contributed by atoms with van der Waals surface area (Å²) in [5, 5.41) is 0.756. The number of benzene rings is 1. The maximum atomic E-state index is 12.9. The Morgan fingerprint density at radius 1 is 1.31 bits per heavy atom. The van der Waals surface area contributed by atoms with Crippen LogP contribution in [-0.4, -0.2) is 32.7 Å². The Labute approximate surface area is 157 Å². The van der Waals surface area contributed by atoms with E-state index < -0.39 is 0 Å². The lowest BCUT2D eigenvalue weighted by Gasteiger charge is -2.30. The van der Waals surface area contributed by atoms with E-state index in [0.717, 1.165) is 35.1 Å². The maximum Gasteiger partial charge on any atom is 0.257 e. The van der Waals surface area contributed by atoms with Crippen LogP contribution in [0.5, 0.6) is 0 Å². The zero-order valence-electron chi connectivity index (χ0n) is 15.2. The van der Waals surface area contributed by atoms with Gasteiger partial charge in [0, 0.05) is 36.5 Å². The molecule has 1 aromatic heterocycles. The third kappa shape index (κ3) is 2.96. The normalized spacial score (nSPS) is 18.5. The number of carbonyl (C=O) groups is 1. The molecule has 0 fully saturated rings. The predicted octanol–water partition coefficient (Wildman–Crippen LogP) is 2.74. The van der Waals surface area contributed by atoms with Crippen LogP contribution in [0, 0.1) is 6.92 Å². The van der Waals surface area contributed by atoms with Crippen molar-refractivity contribution in [1.82, 2.24) is 14.5 Å². The fourth-order valence-electron chi connectivity index (χ4n) is 3.92. The second-order valence-corrected chi connectivity index (χ2v) is 7.98. The van der Waals surface area contributed by atoms with Gasteiger partial charge in [-0.15, -0.1) is 0 Å². The van der Waals surface area contributed by atoms with Gasteiger partial charge in [0.05, 0.1) is 6.04 Å². The number of aryl methyl sites for hydroxylation is 1. The van der Waals surface area contributed by atoms with E-state index in [1.165, 1.54) is 11.1 Å². The van der Waals surface area contributed by atoms with Gasteiger partial charge in [-0.05, 0) is 30.9 Å². The number of nitrogens with zero attached hydrogens (tertiary/aromatic N) is 3. The first-order chi connectivity index (χ1) is 12.6. The van der Waals surface area contributed by atoms with E-state index in [0.29, 0.717) is 19.4 Å². The average molecular weight is 369 g/mol. The SMILES string of the molecule is CCc1c(C)nc2n(c1=O)C(CC(=O)N1CCc3ccccc3C1)CS2. The minimum atomic E-state index is -0.0921. The first kappa shape index (κ1) is 17.3. The van der Waals surface area contributed by atoms with Gasteiger partial charge >= 0.3 is 0 Å². The fourth-order valence-corrected chi connectivity index (χ4v) is 5.10. The molecule has 3 heterocycles. The number of hydrogen-bond acceptors (Lipinski definition) is 4. The van der Waals surface area contributed by atoms with Gasteiger partial charge in [-0.3, -0.25) is 14.2 Å². The van der Waals surface area contributed by atoms with Crippen molar-refractivity contribution in [2.45, 2.75) is 50.9 Å². The Bertz CT molecular complexity index is 922. The number of fused-ring (bicyclic) bond motifs is 2. The molecule has 0 saturated carbocycles. The lowest BCUT2D eigenvalue weighted by molar-refractivity contribution is -0.132. The zero-order chi connectivity index (χ0) is 18.3. The van der Waals surface area contributed by atoms with Crippen LogP contribution in [0.3, 0.4) is 0 Å². The lowest BCUT2D eigenvalue weighted by Crippen LogP contribution is -2.38. The monoisotopic (exact) mass is 369 g/mol. The molecule has 4 rings (SSSR count). The molecule has 2 aliphatic rings. The summed E-state index contributed by atoms with van der Waals surface area (Å²) in [5.41, 5.74) is 4.18. The van der Waals surface area contributed by atoms with Crippen molar-refractivity contribution in [2.75, 3.05) is 12.3 Å². The molecule has 6 heteroatoms. The summed E-state index contributed by atoms with van der Waals surface area (Å²) in [6, 6.07) is 8.22. The van der Waals surface area contributed by atoms with Gasteiger partial charge in [0.1, 0.15) is 0 Å². The Kier molecular flexibility index (Phi) is 4.61. The summed E-state index contributed by atoms with van der Waals surface area (Å²) >= 11 is 1.58. The topological polar surface area (TPSA) is 55.2 Å². The molecule has 0 bridgehead atoms. The van der Waals surface area contributed by atoms with E-state index in [2.05, 4.69) is 23.2 Å². The van der Waals surface area contributed by atoms with Crippen LogP contribution in [0.1, 0.15) is 41.8 Å². The minimum Gasteiger partial charge on any atom is -0.338 e. The van der Waals surface area contributed by atoms with Crippen LogP contribution in [0.25, 0.3) is 0 Å². The van der Waals surface area contributed by atoms with Crippen LogP contribution >= 0.6 is 11.8 Å².